The monoisotopic (exact) mass is 459 g/mol. The van der Waals surface area contributed by atoms with Gasteiger partial charge in [0, 0.05) is 45.9 Å². The largest absolute Gasteiger partial charge is 0.490 e. The van der Waals surface area contributed by atoms with Crippen molar-refractivity contribution in [2.75, 3.05) is 12.3 Å². The summed E-state index contributed by atoms with van der Waals surface area (Å²) in [6.07, 6.45) is 6.03. The lowest BCUT2D eigenvalue weighted by atomic mass is 10.0. The van der Waals surface area contributed by atoms with Crippen LogP contribution in [0.25, 0.3) is 32.9 Å². The topological polar surface area (TPSA) is 99.9 Å². The fourth-order valence-electron chi connectivity index (χ4n) is 3.78. The van der Waals surface area contributed by atoms with Crippen molar-refractivity contribution in [3.63, 3.8) is 0 Å². The minimum atomic E-state index is -0.0221. The van der Waals surface area contributed by atoms with Crippen LogP contribution in [0.5, 0.6) is 5.75 Å². The van der Waals surface area contributed by atoms with Crippen LogP contribution in [0, 0.1) is 11.8 Å². The summed E-state index contributed by atoms with van der Waals surface area (Å²) >= 11 is 0. The number of benzene rings is 2. The molecule has 1 atom stereocenters. The van der Waals surface area contributed by atoms with E-state index in [9.17, 15) is 0 Å². The van der Waals surface area contributed by atoms with Gasteiger partial charge in [0.05, 0.1) is 17.4 Å². The van der Waals surface area contributed by atoms with E-state index in [1.807, 2.05) is 67.6 Å². The zero-order valence-electron chi connectivity index (χ0n) is 19.4. The van der Waals surface area contributed by atoms with E-state index in [1.54, 1.807) is 18.6 Å². The molecular weight excluding hydrogens is 434 g/mol. The minimum Gasteiger partial charge on any atom is -0.490 e. The van der Waals surface area contributed by atoms with Crippen LogP contribution in [-0.2, 0) is 0 Å². The molecule has 35 heavy (non-hydrogen) atoms. The van der Waals surface area contributed by atoms with Gasteiger partial charge in [-0.3, -0.25) is 9.97 Å². The smallest absolute Gasteiger partial charge is 0.138 e. The first kappa shape index (κ1) is 22.3. The fraction of sp³-hybridized carbons (Fsp3) is 0.138. The second kappa shape index (κ2) is 9.80. The van der Waals surface area contributed by atoms with Gasteiger partial charge < -0.3 is 16.2 Å². The summed E-state index contributed by atoms with van der Waals surface area (Å²) < 4.78 is 5.82. The molecule has 0 aliphatic rings. The Morgan fingerprint density at radius 3 is 2.54 bits per heavy atom. The summed E-state index contributed by atoms with van der Waals surface area (Å²) in [6.45, 7) is 2.46. The summed E-state index contributed by atoms with van der Waals surface area (Å²) in [5.74, 6) is 7.52. The van der Waals surface area contributed by atoms with Gasteiger partial charge in [-0.2, -0.15) is 0 Å². The van der Waals surface area contributed by atoms with Gasteiger partial charge in [-0.25, -0.2) is 4.98 Å². The number of nitrogens with zero attached hydrogens (tertiary/aromatic N) is 3. The third-order valence-electron chi connectivity index (χ3n) is 5.83. The highest BCUT2D eigenvalue weighted by Gasteiger charge is 2.11. The van der Waals surface area contributed by atoms with E-state index in [4.69, 9.17) is 16.2 Å². The second-order valence-electron chi connectivity index (χ2n) is 8.35. The Morgan fingerprint density at radius 2 is 1.71 bits per heavy atom. The fourth-order valence-corrected chi connectivity index (χ4v) is 3.78. The number of fused-ring (bicyclic) bond motifs is 3. The molecule has 0 fully saturated rings. The van der Waals surface area contributed by atoms with Crippen LogP contribution in [0.1, 0.15) is 24.5 Å². The Kier molecular flexibility index (Phi) is 6.25. The lowest BCUT2D eigenvalue weighted by Crippen LogP contribution is -2.26. The predicted octanol–water partition coefficient (Wildman–Crippen LogP) is 4.94. The Labute approximate surface area is 204 Å². The number of rotatable bonds is 5. The Bertz CT molecular complexity index is 1570. The van der Waals surface area contributed by atoms with Crippen molar-refractivity contribution >= 4 is 27.5 Å². The molecule has 0 saturated carbocycles. The van der Waals surface area contributed by atoms with Gasteiger partial charge in [-0.05, 0) is 54.3 Å². The second-order valence-corrected chi connectivity index (χ2v) is 8.35. The highest BCUT2D eigenvalue weighted by atomic mass is 16.5. The number of pyridine rings is 3. The van der Waals surface area contributed by atoms with Crippen LogP contribution in [-0.4, -0.2) is 27.6 Å². The Balaban J connectivity index is 1.57. The zero-order chi connectivity index (χ0) is 24.2. The molecule has 3 aromatic heterocycles. The molecule has 5 rings (SSSR count). The van der Waals surface area contributed by atoms with E-state index in [0.29, 0.717) is 23.9 Å². The summed E-state index contributed by atoms with van der Waals surface area (Å²) in [5, 5.41) is 2.72. The maximum Gasteiger partial charge on any atom is 0.138 e. The third-order valence-corrected chi connectivity index (χ3v) is 5.83. The Morgan fingerprint density at radius 1 is 0.886 bits per heavy atom. The van der Waals surface area contributed by atoms with E-state index in [2.05, 4.69) is 26.8 Å². The zero-order valence-corrected chi connectivity index (χ0v) is 19.4. The first-order valence-corrected chi connectivity index (χ1v) is 11.5. The minimum absolute atomic E-state index is 0.0221. The summed E-state index contributed by atoms with van der Waals surface area (Å²) in [4.78, 5) is 13.5. The van der Waals surface area contributed by atoms with Crippen LogP contribution < -0.4 is 16.2 Å². The van der Waals surface area contributed by atoms with Crippen molar-refractivity contribution in [3.05, 3.63) is 90.4 Å². The molecule has 2 aromatic carbocycles. The number of anilines is 1. The predicted molar refractivity (Wildman–Crippen MR) is 141 cm³/mol. The maximum absolute atomic E-state index is 6.37. The average Bonchev–Trinajstić information content (AvgIpc) is 2.91. The number of aromatic nitrogens is 3. The standard InChI is InChI=1S/C29H25N5O/c1-2-22(30)18-35-23-13-21(15-32-16-23)28-14-24-25-12-20(9-8-19-6-4-3-5-7-19)10-11-27(25)33-17-26(24)29(31)34-28/h3-7,10-17,22H,2,18,30H2,1H3,(H2,31,34)/t22-/m1/s1. The molecule has 6 heteroatoms. The van der Waals surface area contributed by atoms with Gasteiger partial charge in [0.15, 0.2) is 0 Å². The molecule has 0 saturated heterocycles. The molecule has 0 spiro atoms. The van der Waals surface area contributed by atoms with Gasteiger partial charge in [0.2, 0.25) is 0 Å². The quantitative estimate of drug-likeness (QED) is 0.285. The molecule has 6 nitrogen and oxygen atoms in total. The van der Waals surface area contributed by atoms with Crippen LogP contribution in [0.3, 0.4) is 0 Å². The van der Waals surface area contributed by atoms with Gasteiger partial charge in [-0.15, -0.1) is 0 Å². The summed E-state index contributed by atoms with van der Waals surface area (Å²) in [6, 6.07) is 19.8. The van der Waals surface area contributed by atoms with Crippen LogP contribution in [0.15, 0.2) is 79.3 Å². The number of nitrogens with two attached hydrogens (primary N) is 2. The van der Waals surface area contributed by atoms with Crippen LogP contribution in [0.2, 0.25) is 0 Å². The summed E-state index contributed by atoms with van der Waals surface area (Å²) in [5.41, 5.74) is 16.6. The van der Waals surface area contributed by atoms with E-state index < -0.39 is 0 Å². The molecule has 0 aliphatic heterocycles. The van der Waals surface area contributed by atoms with Gasteiger partial charge >= 0.3 is 0 Å². The van der Waals surface area contributed by atoms with Crippen molar-refractivity contribution in [2.45, 2.75) is 19.4 Å². The molecule has 172 valence electrons. The van der Waals surface area contributed by atoms with E-state index in [1.165, 1.54) is 0 Å². The molecule has 4 N–H and O–H groups in total. The number of nitrogen functional groups attached to an aromatic ring is 1. The molecule has 0 unspecified atom stereocenters. The van der Waals surface area contributed by atoms with E-state index in [-0.39, 0.29) is 6.04 Å². The molecule has 0 aliphatic carbocycles. The van der Waals surface area contributed by atoms with Crippen molar-refractivity contribution in [2.24, 2.45) is 5.73 Å². The van der Waals surface area contributed by atoms with Crippen molar-refractivity contribution < 1.29 is 4.74 Å². The van der Waals surface area contributed by atoms with E-state index in [0.717, 1.165) is 44.8 Å². The van der Waals surface area contributed by atoms with Crippen LogP contribution in [0.4, 0.5) is 5.82 Å². The highest BCUT2D eigenvalue weighted by Crippen LogP contribution is 2.32. The van der Waals surface area contributed by atoms with Crippen LogP contribution >= 0.6 is 0 Å². The molecular formula is C29H25N5O. The van der Waals surface area contributed by atoms with Gasteiger partial charge in [-0.1, -0.05) is 37.0 Å². The lowest BCUT2D eigenvalue weighted by molar-refractivity contribution is 0.284. The van der Waals surface area contributed by atoms with Crippen molar-refractivity contribution in [1.82, 2.24) is 15.0 Å². The van der Waals surface area contributed by atoms with Gasteiger partial charge in [0.25, 0.3) is 0 Å². The average molecular weight is 460 g/mol. The van der Waals surface area contributed by atoms with Crippen molar-refractivity contribution in [3.8, 4) is 28.8 Å². The number of hydrogen-bond acceptors (Lipinski definition) is 6. The molecule has 0 radical (unpaired) electrons. The molecule has 0 amide bonds. The SMILES string of the molecule is CC[C@@H](N)COc1cncc(-c2cc3c(cnc4ccc(C#Cc5ccccc5)cc43)c(N)n2)c1. The number of ether oxygens (including phenoxy) is 1. The first-order chi connectivity index (χ1) is 17.1. The van der Waals surface area contributed by atoms with Gasteiger partial charge in [0.1, 0.15) is 18.2 Å². The normalized spacial score (nSPS) is 11.7. The lowest BCUT2D eigenvalue weighted by Gasteiger charge is -2.12. The van der Waals surface area contributed by atoms with E-state index >= 15 is 0 Å². The third kappa shape index (κ3) is 4.91. The first-order valence-electron chi connectivity index (χ1n) is 11.5. The van der Waals surface area contributed by atoms with Crippen molar-refractivity contribution in [1.29, 1.82) is 0 Å². The molecule has 3 heterocycles. The Hall–Kier alpha value is -4.47. The highest BCUT2D eigenvalue weighted by molar-refractivity contribution is 6.10. The summed E-state index contributed by atoms with van der Waals surface area (Å²) in [7, 11) is 0. The number of hydrogen-bond donors (Lipinski definition) is 2. The molecule has 5 aromatic rings. The maximum atomic E-state index is 6.37. The molecule has 0 bridgehead atoms.